The average Bonchev–Trinajstić information content (AvgIpc) is 2.91. The molecule has 2 heterocycles. The Balaban J connectivity index is 1.62. The molecular formula is C15H22N2O2. The van der Waals surface area contributed by atoms with Crippen molar-refractivity contribution in [1.29, 1.82) is 0 Å². The highest BCUT2D eigenvalue weighted by atomic mass is 16.5. The molecule has 4 heteroatoms. The number of carbonyl (C=O) groups is 1. The highest BCUT2D eigenvalue weighted by molar-refractivity contribution is 5.82. The Morgan fingerprint density at radius 2 is 2.16 bits per heavy atom. The van der Waals surface area contributed by atoms with Gasteiger partial charge in [0.15, 0.2) is 0 Å². The molecule has 4 nitrogen and oxygen atoms in total. The van der Waals surface area contributed by atoms with Gasteiger partial charge in [0.1, 0.15) is 5.78 Å². The molecule has 2 fully saturated rings. The van der Waals surface area contributed by atoms with E-state index in [1.54, 1.807) is 0 Å². The molecular weight excluding hydrogens is 240 g/mol. The van der Waals surface area contributed by atoms with Crippen LogP contribution in [0.5, 0.6) is 0 Å². The van der Waals surface area contributed by atoms with E-state index < -0.39 is 0 Å². The van der Waals surface area contributed by atoms with Crippen LogP contribution in [0.15, 0.2) is 12.3 Å². The summed E-state index contributed by atoms with van der Waals surface area (Å²) < 4.78 is 7.51. The van der Waals surface area contributed by atoms with Crippen LogP contribution in [0, 0.1) is 5.92 Å². The summed E-state index contributed by atoms with van der Waals surface area (Å²) in [6.07, 6.45) is 9.85. The summed E-state index contributed by atoms with van der Waals surface area (Å²) in [5.41, 5.74) is 1.04. The third-order valence-electron chi connectivity index (χ3n) is 4.34. The minimum Gasteiger partial charge on any atom is -0.380 e. The van der Waals surface area contributed by atoms with E-state index in [9.17, 15) is 4.79 Å². The fraction of sp³-hybridized carbons (Fsp3) is 0.733. The van der Waals surface area contributed by atoms with E-state index in [-0.39, 0.29) is 5.92 Å². The van der Waals surface area contributed by atoms with Crippen molar-refractivity contribution >= 4 is 5.78 Å². The van der Waals surface area contributed by atoms with Crippen molar-refractivity contribution in [1.82, 2.24) is 9.78 Å². The van der Waals surface area contributed by atoms with Crippen LogP contribution in [0.25, 0.3) is 0 Å². The lowest BCUT2D eigenvalue weighted by Crippen LogP contribution is -2.29. The predicted molar refractivity (Wildman–Crippen MR) is 72.0 cm³/mol. The topological polar surface area (TPSA) is 44.1 Å². The SMILES string of the molecule is O=C1CCOCC1Cc1ccn(C2CCCCC2)n1. The minimum atomic E-state index is 0.0171. The van der Waals surface area contributed by atoms with Gasteiger partial charge in [-0.2, -0.15) is 5.10 Å². The first-order valence-electron chi connectivity index (χ1n) is 7.47. The van der Waals surface area contributed by atoms with E-state index in [1.807, 2.05) is 0 Å². The molecule has 3 rings (SSSR count). The zero-order chi connectivity index (χ0) is 13.1. The van der Waals surface area contributed by atoms with Crippen molar-refractivity contribution in [2.45, 2.75) is 51.0 Å². The third kappa shape index (κ3) is 3.06. The number of rotatable bonds is 3. The first-order chi connectivity index (χ1) is 9.33. The molecule has 1 saturated heterocycles. The second-order valence-corrected chi connectivity index (χ2v) is 5.77. The summed E-state index contributed by atoms with van der Waals surface area (Å²) in [5, 5.41) is 4.67. The van der Waals surface area contributed by atoms with Gasteiger partial charge in [-0.1, -0.05) is 19.3 Å². The lowest BCUT2D eigenvalue weighted by Gasteiger charge is -2.22. The van der Waals surface area contributed by atoms with Crippen LogP contribution in [0.4, 0.5) is 0 Å². The highest BCUT2D eigenvalue weighted by Gasteiger charge is 2.24. The van der Waals surface area contributed by atoms with Crippen LogP contribution >= 0.6 is 0 Å². The standard InChI is InChI=1S/C15H22N2O2/c18-15-7-9-19-11-12(15)10-13-6-8-17(16-13)14-4-2-1-3-5-14/h6,8,12,14H,1-5,7,9-11H2. The lowest BCUT2D eigenvalue weighted by atomic mass is 9.95. The maximum Gasteiger partial charge on any atom is 0.140 e. The molecule has 19 heavy (non-hydrogen) atoms. The molecule has 1 saturated carbocycles. The number of aromatic nitrogens is 2. The van der Waals surface area contributed by atoms with Crippen molar-refractivity contribution in [3.63, 3.8) is 0 Å². The van der Waals surface area contributed by atoms with Crippen molar-refractivity contribution in [2.24, 2.45) is 5.92 Å². The van der Waals surface area contributed by atoms with E-state index in [2.05, 4.69) is 22.0 Å². The summed E-state index contributed by atoms with van der Waals surface area (Å²) >= 11 is 0. The van der Waals surface area contributed by atoms with Gasteiger partial charge in [0.25, 0.3) is 0 Å². The van der Waals surface area contributed by atoms with Gasteiger partial charge in [-0.05, 0) is 18.9 Å². The van der Waals surface area contributed by atoms with Gasteiger partial charge in [0, 0.05) is 25.0 Å². The lowest BCUT2D eigenvalue weighted by molar-refractivity contribution is -0.130. The van der Waals surface area contributed by atoms with Crippen LogP contribution in [-0.2, 0) is 16.0 Å². The molecule has 0 bridgehead atoms. The Labute approximate surface area is 114 Å². The molecule has 1 aliphatic carbocycles. The second kappa shape index (κ2) is 5.87. The number of ether oxygens (including phenoxy) is 1. The third-order valence-corrected chi connectivity index (χ3v) is 4.34. The first-order valence-corrected chi connectivity index (χ1v) is 7.47. The Hall–Kier alpha value is -1.16. The van der Waals surface area contributed by atoms with E-state index in [1.165, 1.54) is 32.1 Å². The second-order valence-electron chi connectivity index (χ2n) is 5.77. The molecule has 0 spiro atoms. The van der Waals surface area contributed by atoms with E-state index in [4.69, 9.17) is 4.74 Å². The number of carbonyl (C=O) groups excluding carboxylic acids is 1. The summed E-state index contributed by atoms with van der Waals surface area (Å²) in [4.78, 5) is 11.8. The Morgan fingerprint density at radius 3 is 2.95 bits per heavy atom. The normalized spacial score (nSPS) is 25.7. The predicted octanol–water partition coefficient (Wildman–Crippen LogP) is 2.54. The van der Waals surface area contributed by atoms with Crippen LogP contribution in [0.3, 0.4) is 0 Å². The first kappa shape index (κ1) is 12.9. The molecule has 0 N–H and O–H groups in total. The monoisotopic (exact) mass is 262 g/mol. The van der Waals surface area contributed by atoms with Crippen LogP contribution in [-0.4, -0.2) is 28.8 Å². The zero-order valence-electron chi connectivity index (χ0n) is 11.4. The van der Waals surface area contributed by atoms with Crippen LogP contribution in [0.1, 0.15) is 50.3 Å². The molecule has 1 aliphatic heterocycles. The summed E-state index contributed by atoms with van der Waals surface area (Å²) in [6, 6.07) is 2.64. The van der Waals surface area contributed by atoms with Crippen LogP contribution in [0.2, 0.25) is 0 Å². The fourth-order valence-electron chi connectivity index (χ4n) is 3.16. The summed E-state index contributed by atoms with van der Waals surface area (Å²) in [5.74, 6) is 0.349. The van der Waals surface area contributed by atoms with Crippen molar-refractivity contribution in [3.8, 4) is 0 Å². The number of nitrogens with zero attached hydrogens (tertiary/aromatic N) is 2. The van der Waals surface area contributed by atoms with Crippen molar-refractivity contribution < 1.29 is 9.53 Å². The molecule has 1 unspecified atom stereocenters. The Kier molecular flexibility index (Phi) is 3.97. The number of hydrogen-bond acceptors (Lipinski definition) is 3. The van der Waals surface area contributed by atoms with Gasteiger partial charge in [0.05, 0.1) is 24.9 Å². The molecule has 0 radical (unpaired) electrons. The van der Waals surface area contributed by atoms with Gasteiger partial charge < -0.3 is 4.74 Å². The van der Waals surface area contributed by atoms with Gasteiger partial charge in [-0.25, -0.2) is 0 Å². The van der Waals surface area contributed by atoms with Crippen molar-refractivity contribution in [3.05, 3.63) is 18.0 Å². The molecule has 2 aliphatic rings. The maximum atomic E-state index is 11.8. The van der Waals surface area contributed by atoms with Gasteiger partial charge >= 0.3 is 0 Å². The zero-order valence-corrected chi connectivity index (χ0v) is 11.4. The van der Waals surface area contributed by atoms with Gasteiger partial charge in [-0.15, -0.1) is 0 Å². The summed E-state index contributed by atoms with van der Waals surface area (Å²) in [6.45, 7) is 1.15. The van der Waals surface area contributed by atoms with Gasteiger partial charge in [-0.3, -0.25) is 9.48 Å². The van der Waals surface area contributed by atoms with Gasteiger partial charge in [0.2, 0.25) is 0 Å². The van der Waals surface area contributed by atoms with E-state index in [0.717, 1.165) is 12.1 Å². The smallest absolute Gasteiger partial charge is 0.140 e. The maximum absolute atomic E-state index is 11.8. The quantitative estimate of drug-likeness (QED) is 0.840. The minimum absolute atomic E-state index is 0.0171. The molecule has 1 aromatic rings. The van der Waals surface area contributed by atoms with E-state index >= 15 is 0 Å². The molecule has 104 valence electrons. The number of hydrogen-bond donors (Lipinski definition) is 0. The largest absolute Gasteiger partial charge is 0.380 e. The molecule has 1 atom stereocenters. The number of ketones is 1. The molecule has 0 amide bonds. The summed E-state index contributed by atoms with van der Waals surface area (Å²) in [7, 11) is 0. The molecule has 1 aromatic heterocycles. The Morgan fingerprint density at radius 1 is 1.32 bits per heavy atom. The fourth-order valence-corrected chi connectivity index (χ4v) is 3.16. The molecule has 0 aromatic carbocycles. The Bertz CT molecular complexity index is 435. The number of Topliss-reactive ketones (excluding diaryl/α,β-unsaturated/α-hetero) is 1. The van der Waals surface area contributed by atoms with Crippen molar-refractivity contribution in [2.75, 3.05) is 13.2 Å². The average molecular weight is 262 g/mol. The van der Waals surface area contributed by atoms with Crippen LogP contribution < -0.4 is 0 Å². The highest BCUT2D eigenvalue weighted by Crippen LogP contribution is 2.27. The van der Waals surface area contributed by atoms with E-state index in [0.29, 0.717) is 31.5 Å².